The predicted octanol–water partition coefficient (Wildman–Crippen LogP) is 4.95. The Labute approximate surface area is 200 Å². The Bertz CT molecular complexity index is 795. The van der Waals surface area contributed by atoms with E-state index in [1.807, 2.05) is 55.6 Å². The van der Waals surface area contributed by atoms with Gasteiger partial charge in [-0.2, -0.15) is 13.2 Å². The smallest absolute Gasteiger partial charge is 0.360 e. The van der Waals surface area contributed by atoms with Crippen LogP contribution in [0.25, 0.3) is 0 Å². The number of morpholine rings is 1. The molecule has 2 aliphatic rings. The van der Waals surface area contributed by atoms with Gasteiger partial charge >= 0.3 is 6.68 Å². The van der Waals surface area contributed by atoms with Crippen molar-refractivity contribution in [3.63, 3.8) is 0 Å². The van der Waals surface area contributed by atoms with Gasteiger partial charge in [0.25, 0.3) is 5.91 Å². The quantitative estimate of drug-likeness (QED) is 0.532. The summed E-state index contributed by atoms with van der Waals surface area (Å²) in [7, 11) is 0. The van der Waals surface area contributed by atoms with E-state index in [4.69, 9.17) is 4.74 Å². The molecule has 3 rings (SSSR count). The van der Waals surface area contributed by atoms with E-state index in [0.717, 1.165) is 44.5 Å². The molecule has 1 unspecified atom stereocenters. The first kappa shape index (κ1) is 28.9. The van der Waals surface area contributed by atoms with Crippen molar-refractivity contribution in [1.82, 2.24) is 14.8 Å². The molecule has 2 aliphatic heterocycles. The van der Waals surface area contributed by atoms with Gasteiger partial charge < -0.3 is 14.5 Å². The van der Waals surface area contributed by atoms with Gasteiger partial charge in [0.1, 0.15) is 6.10 Å². The molecule has 1 spiro atoms. The molecule has 0 aliphatic carbocycles. The van der Waals surface area contributed by atoms with Crippen molar-refractivity contribution in [3.05, 3.63) is 66.7 Å². The lowest BCUT2D eigenvalue weighted by atomic mass is 9.88. The van der Waals surface area contributed by atoms with E-state index < -0.39 is 12.8 Å². The van der Waals surface area contributed by atoms with Crippen molar-refractivity contribution in [2.24, 2.45) is 0 Å². The number of piperidine rings is 1. The number of pyridine rings is 1. The Morgan fingerprint density at radius 1 is 1.36 bits per heavy atom. The van der Waals surface area contributed by atoms with Gasteiger partial charge in [0, 0.05) is 38.2 Å². The number of carbonyl (C=O) groups is 1. The maximum absolute atomic E-state index is 12.6. The molecule has 1 atom stereocenters. The second kappa shape index (κ2) is 14.2. The first-order valence-electron chi connectivity index (χ1n) is 10.7. The number of likely N-dealkylation sites (tertiary alicyclic amines) is 1. The summed E-state index contributed by atoms with van der Waals surface area (Å²) in [5, 5.41) is 0. The summed E-state index contributed by atoms with van der Waals surface area (Å²) in [5.74, 6) is 0.0379. The van der Waals surface area contributed by atoms with Crippen LogP contribution < -0.4 is 0 Å². The number of amides is 1. The van der Waals surface area contributed by atoms with E-state index in [-0.39, 0.29) is 23.9 Å². The second-order valence-electron chi connectivity index (χ2n) is 8.08. The maximum Gasteiger partial charge on any atom is 0.379 e. The summed E-state index contributed by atoms with van der Waals surface area (Å²) in [6, 6.07) is 4.12. The van der Waals surface area contributed by atoms with Gasteiger partial charge in [0.05, 0.1) is 12.1 Å². The molecule has 33 heavy (non-hydrogen) atoms. The van der Waals surface area contributed by atoms with Gasteiger partial charge in [-0.1, -0.05) is 30.9 Å². The van der Waals surface area contributed by atoms with Gasteiger partial charge in [-0.3, -0.25) is 9.78 Å². The molecule has 1 amide bonds. The summed E-state index contributed by atoms with van der Waals surface area (Å²) in [6.45, 7) is 7.55. The third-order valence-electron chi connectivity index (χ3n) is 5.58. The van der Waals surface area contributed by atoms with E-state index >= 15 is 0 Å². The highest BCUT2D eigenvalue weighted by molar-refractivity contribution is 5.85. The molecule has 0 radical (unpaired) electrons. The van der Waals surface area contributed by atoms with E-state index in [1.54, 1.807) is 6.08 Å². The molecule has 184 valence electrons. The van der Waals surface area contributed by atoms with Crippen LogP contribution in [0.5, 0.6) is 0 Å². The van der Waals surface area contributed by atoms with E-state index in [9.17, 15) is 18.0 Å². The fourth-order valence-corrected chi connectivity index (χ4v) is 4.00. The SMILES string of the molecule is C=C/C=C\C(C)=C\N1CC2(CCN(CCc3cccnc3)CC2)OC(C)C1=O.Cl.FC(F)F. The summed E-state index contributed by atoms with van der Waals surface area (Å²) in [5.41, 5.74) is 2.07. The molecule has 9 heteroatoms. The number of ether oxygens (including phenoxy) is 1. The number of nitrogens with zero attached hydrogens (tertiary/aromatic N) is 3. The second-order valence-corrected chi connectivity index (χ2v) is 8.08. The van der Waals surface area contributed by atoms with Crippen molar-refractivity contribution in [1.29, 1.82) is 0 Å². The molecule has 0 N–H and O–H groups in total. The zero-order valence-electron chi connectivity index (χ0n) is 19.1. The summed E-state index contributed by atoms with van der Waals surface area (Å²) < 4.78 is 35.2. The summed E-state index contributed by atoms with van der Waals surface area (Å²) in [4.78, 5) is 21.1. The van der Waals surface area contributed by atoms with Crippen molar-refractivity contribution < 1.29 is 22.7 Å². The minimum atomic E-state index is -3.67. The average molecular weight is 488 g/mol. The third kappa shape index (κ3) is 9.70. The molecule has 0 saturated carbocycles. The maximum atomic E-state index is 12.6. The molecular formula is C24H33ClF3N3O2. The number of hydrogen-bond donors (Lipinski definition) is 0. The molecule has 3 heterocycles. The topological polar surface area (TPSA) is 45.7 Å². The number of halogens is 4. The highest BCUT2D eigenvalue weighted by atomic mass is 35.5. The first-order valence-corrected chi connectivity index (χ1v) is 10.7. The third-order valence-corrected chi connectivity index (χ3v) is 5.58. The average Bonchev–Trinajstić information content (AvgIpc) is 2.76. The number of hydrogen-bond acceptors (Lipinski definition) is 4. The van der Waals surface area contributed by atoms with Gasteiger partial charge in [-0.25, -0.2) is 0 Å². The molecule has 1 aromatic rings. The Hall–Kier alpha value is -2.16. The zero-order valence-corrected chi connectivity index (χ0v) is 19.9. The predicted molar refractivity (Wildman–Crippen MR) is 126 cm³/mol. The molecule has 0 bridgehead atoms. The van der Waals surface area contributed by atoms with Crippen LogP contribution >= 0.6 is 12.4 Å². The normalized spacial score (nSPS) is 21.0. The zero-order chi connectivity index (χ0) is 23.6. The standard InChI is InChI=1S/C23H31N3O2.CHF3.ClH/c1-4-5-7-19(2)17-26-18-23(28-20(3)22(26)27)10-14-25(15-11-23)13-9-21-8-6-12-24-16-21;2-1(3)4;/h4-8,12,16-17,20H,1,9-11,13-15,18H2,2-3H3;1H;1H/b7-5-,19-17+;;. The van der Waals surface area contributed by atoms with Crippen LogP contribution in [0.1, 0.15) is 32.3 Å². The Morgan fingerprint density at radius 2 is 2.03 bits per heavy atom. The molecule has 0 aromatic carbocycles. The molecule has 2 saturated heterocycles. The van der Waals surface area contributed by atoms with Crippen LogP contribution in [0, 0.1) is 0 Å². The van der Waals surface area contributed by atoms with Crippen LogP contribution in [-0.2, 0) is 16.0 Å². The van der Waals surface area contributed by atoms with Crippen LogP contribution in [0.2, 0.25) is 0 Å². The largest absolute Gasteiger partial charge is 0.379 e. The number of carbonyl (C=O) groups excluding carboxylic acids is 1. The van der Waals surface area contributed by atoms with Crippen molar-refractivity contribution >= 4 is 18.3 Å². The first-order chi connectivity index (χ1) is 15.2. The lowest BCUT2D eigenvalue weighted by molar-refractivity contribution is -0.184. The van der Waals surface area contributed by atoms with E-state index in [1.165, 1.54) is 5.56 Å². The molecular weight excluding hydrogens is 455 g/mol. The minimum Gasteiger partial charge on any atom is -0.360 e. The Morgan fingerprint density at radius 3 is 2.61 bits per heavy atom. The van der Waals surface area contributed by atoms with Crippen LogP contribution in [0.4, 0.5) is 13.2 Å². The number of rotatable bonds is 6. The Kier molecular flexibility index (Phi) is 12.4. The summed E-state index contributed by atoms with van der Waals surface area (Å²) >= 11 is 0. The Balaban J connectivity index is 0.00000101. The van der Waals surface area contributed by atoms with Crippen LogP contribution in [-0.4, -0.2) is 65.3 Å². The fraction of sp³-hybridized carbons (Fsp3) is 0.500. The molecule has 1 aromatic heterocycles. The monoisotopic (exact) mass is 487 g/mol. The van der Waals surface area contributed by atoms with Gasteiger partial charge in [0.15, 0.2) is 0 Å². The highest BCUT2D eigenvalue weighted by Crippen LogP contribution is 2.33. The fourth-order valence-electron chi connectivity index (χ4n) is 4.00. The van der Waals surface area contributed by atoms with Crippen molar-refractivity contribution in [2.45, 2.75) is 51.5 Å². The van der Waals surface area contributed by atoms with Crippen LogP contribution in [0.15, 0.2) is 61.1 Å². The van der Waals surface area contributed by atoms with Gasteiger partial charge in [-0.05, 0) is 50.3 Å². The summed E-state index contributed by atoms with van der Waals surface area (Å²) in [6.07, 6.45) is 13.8. The highest BCUT2D eigenvalue weighted by Gasteiger charge is 2.44. The van der Waals surface area contributed by atoms with E-state index in [0.29, 0.717) is 6.54 Å². The van der Waals surface area contributed by atoms with Crippen molar-refractivity contribution in [3.8, 4) is 0 Å². The number of aromatic nitrogens is 1. The minimum absolute atomic E-state index is 0. The lowest BCUT2D eigenvalue weighted by Crippen LogP contribution is -2.60. The number of allylic oxidation sites excluding steroid dienone is 4. The number of alkyl halides is 3. The van der Waals surface area contributed by atoms with E-state index in [2.05, 4.69) is 22.5 Å². The molecule has 5 nitrogen and oxygen atoms in total. The van der Waals surface area contributed by atoms with Crippen molar-refractivity contribution in [2.75, 3.05) is 26.2 Å². The van der Waals surface area contributed by atoms with Gasteiger partial charge in [-0.15, -0.1) is 12.4 Å². The lowest BCUT2D eigenvalue weighted by Gasteiger charge is -2.48. The molecule has 2 fully saturated rings. The van der Waals surface area contributed by atoms with Gasteiger partial charge in [0.2, 0.25) is 0 Å². The van der Waals surface area contributed by atoms with Crippen LogP contribution in [0.3, 0.4) is 0 Å².